The number of nitrogens with two attached hydrogens (primary N) is 2. The van der Waals surface area contributed by atoms with Crippen molar-refractivity contribution < 1.29 is 4.79 Å². The van der Waals surface area contributed by atoms with Gasteiger partial charge in [0.05, 0.1) is 17.6 Å². The zero-order valence-electron chi connectivity index (χ0n) is 22.6. The van der Waals surface area contributed by atoms with E-state index in [-0.39, 0.29) is 29.7 Å². The summed E-state index contributed by atoms with van der Waals surface area (Å²) in [6.07, 6.45) is 11.3. The first-order chi connectivity index (χ1) is 20.1. The number of benzene rings is 1. The molecule has 2 aliphatic heterocycles. The number of piperidine rings is 1. The molecule has 3 atom stereocenters. The standard InChI is InChI=1S/C31H31N9O/c32-28-24(15-35-38-28)31(41)39-21-9-10-22(39)13-20(12-21)27-26(18-6-7-18)29(33)40-30(37-27)23(16-36-40)19-8-11-25(34-14-19)17-4-2-1-3-5-17/h1-5,8,11,14-16,18,20-22H,6-7,9-10,12-13,33H2,(H3,32,35,38)/t20-,21+,22-. The second-order valence-electron chi connectivity index (χ2n) is 11.6. The van der Waals surface area contributed by atoms with Gasteiger partial charge >= 0.3 is 0 Å². The molecule has 0 spiro atoms. The Kier molecular flexibility index (Phi) is 5.38. The number of carbonyl (C=O) groups is 1. The molecule has 3 aliphatic rings. The molecule has 0 radical (unpaired) electrons. The molecule has 10 heteroatoms. The Balaban J connectivity index is 1.16. The number of aromatic nitrogens is 6. The van der Waals surface area contributed by atoms with Gasteiger partial charge in [0.25, 0.3) is 5.91 Å². The van der Waals surface area contributed by atoms with Crippen molar-refractivity contribution >= 4 is 23.2 Å². The molecule has 1 aliphatic carbocycles. The highest BCUT2D eigenvalue weighted by Gasteiger charge is 2.46. The van der Waals surface area contributed by atoms with E-state index in [1.807, 2.05) is 41.6 Å². The van der Waals surface area contributed by atoms with Crippen molar-refractivity contribution in [1.82, 2.24) is 34.7 Å². The van der Waals surface area contributed by atoms with E-state index in [0.717, 1.165) is 77.8 Å². The van der Waals surface area contributed by atoms with Crippen LogP contribution in [0.3, 0.4) is 0 Å². The third kappa shape index (κ3) is 3.88. The number of nitrogens with one attached hydrogen (secondary N) is 1. The summed E-state index contributed by atoms with van der Waals surface area (Å²) < 4.78 is 1.80. The normalized spacial score (nSPS) is 22.0. The minimum Gasteiger partial charge on any atom is -0.383 e. The number of anilines is 2. The molecule has 8 rings (SSSR count). The van der Waals surface area contributed by atoms with E-state index in [1.54, 1.807) is 10.7 Å². The van der Waals surface area contributed by atoms with Crippen molar-refractivity contribution in [2.75, 3.05) is 11.5 Å². The number of pyridine rings is 1. The fraction of sp³-hybridized carbons (Fsp3) is 0.323. The molecule has 5 aromatic rings. The number of nitrogens with zero attached hydrogens (tertiary/aromatic N) is 6. The van der Waals surface area contributed by atoms with Gasteiger partial charge in [0.15, 0.2) is 11.5 Å². The summed E-state index contributed by atoms with van der Waals surface area (Å²) in [5.74, 6) is 1.56. The summed E-state index contributed by atoms with van der Waals surface area (Å²) in [6.45, 7) is 0. The lowest BCUT2D eigenvalue weighted by atomic mass is 9.84. The zero-order valence-corrected chi connectivity index (χ0v) is 22.6. The van der Waals surface area contributed by atoms with Gasteiger partial charge in [-0.2, -0.15) is 14.7 Å². The number of rotatable bonds is 5. The average Bonchev–Trinajstić information content (AvgIpc) is 3.49. The first-order valence-corrected chi connectivity index (χ1v) is 14.4. The van der Waals surface area contributed by atoms with E-state index >= 15 is 0 Å². The van der Waals surface area contributed by atoms with E-state index in [1.165, 1.54) is 0 Å². The molecule has 0 unspecified atom stereocenters. The van der Waals surface area contributed by atoms with Crippen molar-refractivity contribution in [3.8, 4) is 22.4 Å². The number of carbonyl (C=O) groups excluding carboxylic acids is 1. The summed E-state index contributed by atoms with van der Waals surface area (Å²) in [6, 6.07) is 14.5. The Hall–Kier alpha value is -4.73. The molecule has 10 nitrogen and oxygen atoms in total. The maximum atomic E-state index is 13.4. The molecule has 1 amide bonds. The van der Waals surface area contributed by atoms with E-state index in [2.05, 4.69) is 33.5 Å². The van der Waals surface area contributed by atoms with Crippen molar-refractivity contribution in [2.45, 2.75) is 62.4 Å². The minimum absolute atomic E-state index is 0.0305. The third-order valence-corrected chi connectivity index (χ3v) is 9.13. The van der Waals surface area contributed by atoms with Crippen LogP contribution in [0.1, 0.15) is 72.0 Å². The van der Waals surface area contributed by atoms with Crippen LogP contribution in [-0.4, -0.2) is 52.7 Å². The quantitative estimate of drug-likeness (QED) is 0.288. The van der Waals surface area contributed by atoms with Gasteiger partial charge < -0.3 is 16.4 Å². The number of hydrogen-bond acceptors (Lipinski definition) is 7. The molecule has 4 aromatic heterocycles. The molecule has 6 heterocycles. The number of nitrogen functional groups attached to an aromatic ring is 2. The van der Waals surface area contributed by atoms with Crippen LogP contribution in [0.2, 0.25) is 0 Å². The van der Waals surface area contributed by atoms with Gasteiger partial charge in [0.2, 0.25) is 0 Å². The lowest BCUT2D eigenvalue weighted by Crippen LogP contribution is -2.46. The summed E-state index contributed by atoms with van der Waals surface area (Å²) >= 11 is 0. The summed E-state index contributed by atoms with van der Waals surface area (Å²) in [5.41, 5.74) is 20.1. The molecule has 3 fully saturated rings. The first-order valence-electron chi connectivity index (χ1n) is 14.4. The number of amides is 1. The van der Waals surface area contributed by atoms with Crippen molar-refractivity contribution in [2.24, 2.45) is 0 Å². The Morgan fingerprint density at radius 1 is 0.902 bits per heavy atom. The average molecular weight is 546 g/mol. The second-order valence-corrected chi connectivity index (χ2v) is 11.6. The van der Waals surface area contributed by atoms with Gasteiger partial charge in [0.1, 0.15) is 11.4 Å². The maximum absolute atomic E-state index is 13.4. The van der Waals surface area contributed by atoms with E-state index in [0.29, 0.717) is 17.3 Å². The number of fused-ring (bicyclic) bond motifs is 3. The Morgan fingerprint density at radius 2 is 1.68 bits per heavy atom. The maximum Gasteiger partial charge on any atom is 0.259 e. The van der Waals surface area contributed by atoms with Crippen molar-refractivity contribution in [1.29, 1.82) is 0 Å². The monoisotopic (exact) mass is 545 g/mol. The number of hydrogen-bond donors (Lipinski definition) is 3. The van der Waals surface area contributed by atoms with Crippen LogP contribution in [0.15, 0.2) is 61.1 Å². The Bertz CT molecular complexity index is 1760. The minimum atomic E-state index is -0.0305. The van der Waals surface area contributed by atoms with E-state index < -0.39 is 0 Å². The third-order valence-electron chi connectivity index (χ3n) is 9.13. The van der Waals surface area contributed by atoms with Crippen LogP contribution < -0.4 is 11.5 Å². The molecule has 1 aromatic carbocycles. The summed E-state index contributed by atoms with van der Waals surface area (Å²) in [4.78, 5) is 25.5. The molecule has 5 N–H and O–H groups in total. The van der Waals surface area contributed by atoms with Crippen molar-refractivity contribution in [3.63, 3.8) is 0 Å². The SMILES string of the molecule is Nc1n[nH]cc1C(=O)N1[C@@H]2CC[C@H]1C[C@@H](c1nc3c(-c4ccc(-c5ccccc5)nc4)cnn3c(N)c1C1CC1)C2. The Morgan fingerprint density at radius 3 is 2.34 bits per heavy atom. The first kappa shape index (κ1) is 24.1. The van der Waals surface area contributed by atoms with Crippen LogP contribution in [0, 0.1) is 0 Å². The van der Waals surface area contributed by atoms with Crippen LogP contribution in [-0.2, 0) is 0 Å². The lowest BCUT2D eigenvalue weighted by molar-refractivity contribution is 0.0570. The highest BCUT2D eigenvalue weighted by Crippen LogP contribution is 2.50. The fourth-order valence-corrected chi connectivity index (χ4v) is 7.03. The fourth-order valence-electron chi connectivity index (χ4n) is 7.03. The van der Waals surface area contributed by atoms with Gasteiger partial charge in [0, 0.05) is 52.6 Å². The molecule has 2 bridgehead atoms. The highest BCUT2D eigenvalue weighted by atomic mass is 16.2. The highest BCUT2D eigenvalue weighted by molar-refractivity contribution is 5.98. The van der Waals surface area contributed by atoms with Crippen LogP contribution >= 0.6 is 0 Å². The van der Waals surface area contributed by atoms with Gasteiger partial charge in [-0.25, -0.2) is 4.98 Å². The Labute approximate surface area is 236 Å². The zero-order chi connectivity index (χ0) is 27.7. The summed E-state index contributed by atoms with van der Waals surface area (Å²) in [7, 11) is 0. The van der Waals surface area contributed by atoms with Crippen LogP contribution in [0.5, 0.6) is 0 Å². The smallest absolute Gasteiger partial charge is 0.259 e. The topological polar surface area (TPSA) is 144 Å². The molecular formula is C31H31N9O. The lowest BCUT2D eigenvalue weighted by Gasteiger charge is -2.39. The van der Waals surface area contributed by atoms with Gasteiger partial charge in [-0.3, -0.25) is 14.9 Å². The van der Waals surface area contributed by atoms with Crippen LogP contribution in [0.4, 0.5) is 11.6 Å². The van der Waals surface area contributed by atoms with Gasteiger partial charge in [-0.05, 0) is 50.5 Å². The van der Waals surface area contributed by atoms with Gasteiger partial charge in [-0.1, -0.05) is 36.4 Å². The van der Waals surface area contributed by atoms with E-state index in [4.69, 9.17) is 21.4 Å². The molecule has 41 heavy (non-hydrogen) atoms. The molecular weight excluding hydrogens is 514 g/mol. The number of H-pyrrole nitrogens is 1. The second kappa shape index (κ2) is 9.15. The van der Waals surface area contributed by atoms with E-state index in [9.17, 15) is 4.79 Å². The molecule has 2 saturated heterocycles. The van der Waals surface area contributed by atoms with Crippen LogP contribution in [0.25, 0.3) is 28.0 Å². The largest absolute Gasteiger partial charge is 0.383 e. The van der Waals surface area contributed by atoms with Crippen molar-refractivity contribution in [3.05, 3.63) is 77.9 Å². The molecule has 206 valence electrons. The predicted octanol–water partition coefficient (Wildman–Crippen LogP) is 4.77. The van der Waals surface area contributed by atoms with Gasteiger partial charge in [-0.15, -0.1) is 0 Å². The summed E-state index contributed by atoms with van der Waals surface area (Å²) in [5, 5.41) is 11.4. The number of aromatic amines is 1. The predicted molar refractivity (Wildman–Crippen MR) is 156 cm³/mol. The molecule has 1 saturated carbocycles.